The van der Waals surface area contributed by atoms with Gasteiger partial charge in [-0.05, 0) is 25.1 Å². The highest BCUT2D eigenvalue weighted by Gasteiger charge is 2.22. The fraction of sp³-hybridized carbons (Fsp3) is 0.100. The van der Waals surface area contributed by atoms with E-state index in [0.717, 1.165) is 16.5 Å². The fourth-order valence-electron chi connectivity index (χ4n) is 2.56. The zero-order chi connectivity index (χ0) is 18.9. The van der Waals surface area contributed by atoms with Gasteiger partial charge in [0.05, 0.1) is 0 Å². The molecule has 3 heterocycles. The minimum absolute atomic E-state index is 0.367. The highest BCUT2D eigenvalue weighted by Crippen LogP contribution is 2.23. The Bertz CT molecular complexity index is 1180. The quantitative estimate of drug-likeness (QED) is 0.524. The summed E-state index contributed by atoms with van der Waals surface area (Å²) in [7, 11) is 0. The number of anilines is 1. The maximum atomic E-state index is 10.5. The van der Waals surface area contributed by atoms with Crippen molar-refractivity contribution >= 4 is 28.1 Å². The van der Waals surface area contributed by atoms with Crippen LogP contribution in [0.3, 0.4) is 0 Å². The molecule has 1 aromatic carbocycles. The van der Waals surface area contributed by atoms with Gasteiger partial charge < -0.3 is 10.8 Å². The summed E-state index contributed by atoms with van der Waals surface area (Å²) >= 11 is 1.37. The third kappa shape index (κ3) is 3.49. The maximum Gasteiger partial charge on any atom is 0.174 e. The first kappa shape index (κ1) is 17.1. The number of hydrogen-bond acceptors (Lipinski definition) is 7. The molecule has 6 nitrogen and oxygen atoms in total. The van der Waals surface area contributed by atoms with Crippen LogP contribution >= 0.6 is 11.3 Å². The molecule has 0 radical (unpaired) electrons. The number of aliphatic hydroxyl groups is 1. The standard InChI is InChI=1S/C20H15N5OS/c1-20(26,19-23-9-10-27-19)7-5-13-3-2-4-14(11-13)18-24-12-15-6-8-22-17(21)16(15)25-18/h2-4,6,8-12,26H,1H3,(H2,21,22). The SMILES string of the molecule is CC(O)(C#Cc1cccc(-c2ncc3ccnc(N)c3n2)c1)c1nccs1. The van der Waals surface area contributed by atoms with Crippen molar-refractivity contribution < 1.29 is 5.11 Å². The van der Waals surface area contributed by atoms with E-state index in [9.17, 15) is 5.11 Å². The molecule has 0 bridgehead atoms. The molecule has 7 heteroatoms. The molecule has 0 aliphatic carbocycles. The monoisotopic (exact) mass is 373 g/mol. The molecule has 0 aliphatic rings. The molecule has 0 saturated carbocycles. The third-order valence-corrected chi connectivity index (χ3v) is 4.93. The summed E-state index contributed by atoms with van der Waals surface area (Å²) in [5.74, 6) is 6.79. The minimum Gasteiger partial charge on any atom is -0.382 e. The highest BCUT2D eigenvalue weighted by molar-refractivity contribution is 7.09. The van der Waals surface area contributed by atoms with Gasteiger partial charge in [0.15, 0.2) is 11.4 Å². The molecule has 3 N–H and O–H groups in total. The van der Waals surface area contributed by atoms with Crippen molar-refractivity contribution in [2.24, 2.45) is 0 Å². The van der Waals surface area contributed by atoms with Crippen molar-refractivity contribution in [1.82, 2.24) is 19.9 Å². The lowest BCUT2D eigenvalue weighted by molar-refractivity contribution is 0.122. The Hall–Kier alpha value is -3.34. The van der Waals surface area contributed by atoms with Crippen LogP contribution in [0.4, 0.5) is 5.82 Å². The Balaban J connectivity index is 1.70. The number of thiazole rings is 1. The molecular weight excluding hydrogens is 358 g/mol. The van der Waals surface area contributed by atoms with Crippen LogP contribution in [-0.2, 0) is 5.60 Å². The van der Waals surface area contributed by atoms with Crippen molar-refractivity contribution in [2.45, 2.75) is 12.5 Å². The Morgan fingerprint density at radius 3 is 2.85 bits per heavy atom. The van der Waals surface area contributed by atoms with Gasteiger partial charge >= 0.3 is 0 Å². The number of fused-ring (bicyclic) bond motifs is 1. The van der Waals surface area contributed by atoms with Crippen molar-refractivity contribution in [1.29, 1.82) is 0 Å². The van der Waals surface area contributed by atoms with Gasteiger partial charge in [0, 0.05) is 40.5 Å². The number of benzene rings is 1. The van der Waals surface area contributed by atoms with Crippen LogP contribution in [0.2, 0.25) is 0 Å². The van der Waals surface area contributed by atoms with Gasteiger partial charge in [0.2, 0.25) is 0 Å². The summed E-state index contributed by atoms with van der Waals surface area (Å²) in [6, 6.07) is 9.33. The summed E-state index contributed by atoms with van der Waals surface area (Å²) in [4.78, 5) is 17.1. The van der Waals surface area contributed by atoms with Crippen LogP contribution < -0.4 is 5.73 Å². The predicted molar refractivity (Wildman–Crippen MR) is 106 cm³/mol. The highest BCUT2D eigenvalue weighted by atomic mass is 32.1. The van der Waals surface area contributed by atoms with E-state index in [1.807, 2.05) is 35.7 Å². The number of pyridine rings is 1. The second-order valence-corrected chi connectivity index (χ2v) is 6.96. The summed E-state index contributed by atoms with van der Waals surface area (Å²) in [6.07, 6.45) is 5.00. The topological polar surface area (TPSA) is 97.8 Å². The molecule has 0 saturated heterocycles. The molecule has 0 aliphatic heterocycles. The average molecular weight is 373 g/mol. The van der Waals surface area contributed by atoms with Crippen LogP contribution in [-0.4, -0.2) is 25.0 Å². The number of nitrogens with two attached hydrogens (primary N) is 1. The van der Waals surface area contributed by atoms with Crippen LogP contribution in [0.25, 0.3) is 22.3 Å². The zero-order valence-electron chi connectivity index (χ0n) is 14.4. The van der Waals surface area contributed by atoms with Crippen LogP contribution in [0.1, 0.15) is 17.5 Å². The number of rotatable bonds is 2. The van der Waals surface area contributed by atoms with E-state index < -0.39 is 5.60 Å². The summed E-state index contributed by atoms with van der Waals surface area (Å²) in [5, 5.41) is 13.7. The van der Waals surface area contributed by atoms with Gasteiger partial charge in [-0.2, -0.15) is 0 Å². The smallest absolute Gasteiger partial charge is 0.174 e. The number of aromatic nitrogens is 4. The molecule has 1 atom stereocenters. The van der Waals surface area contributed by atoms with Crippen LogP contribution in [0, 0.1) is 11.8 Å². The van der Waals surface area contributed by atoms with Gasteiger partial charge in [0.25, 0.3) is 0 Å². The first-order chi connectivity index (χ1) is 13.0. The molecule has 0 spiro atoms. The maximum absolute atomic E-state index is 10.5. The van der Waals surface area contributed by atoms with Gasteiger partial charge in [-0.1, -0.05) is 24.0 Å². The molecule has 27 heavy (non-hydrogen) atoms. The molecule has 0 amide bonds. The normalized spacial score (nSPS) is 13.0. The van der Waals surface area contributed by atoms with Crippen molar-refractivity contribution in [2.75, 3.05) is 5.73 Å². The van der Waals surface area contributed by atoms with Gasteiger partial charge in [-0.3, -0.25) is 0 Å². The molecule has 0 fully saturated rings. The van der Waals surface area contributed by atoms with Gasteiger partial charge in [0.1, 0.15) is 16.3 Å². The molecular formula is C20H15N5OS. The number of hydrogen-bond donors (Lipinski definition) is 2. The predicted octanol–water partition coefficient (Wildman–Crippen LogP) is 2.99. The van der Waals surface area contributed by atoms with E-state index in [0.29, 0.717) is 22.2 Å². The van der Waals surface area contributed by atoms with Crippen molar-refractivity contribution in [3.63, 3.8) is 0 Å². The Kier molecular flexibility index (Phi) is 4.28. The Morgan fingerprint density at radius 1 is 1.15 bits per heavy atom. The van der Waals surface area contributed by atoms with Crippen molar-refractivity contribution in [3.8, 4) is 23.2 Å². The largest absolute Gasteiger partial charge is 0.382 e. The zero-order valence-corrected chi connectivity index (χ0v) is 15.2. The van der Waals surface area contributed by atoms with Gasteiger partial charge in [-0.25, -0.2) is 19.9 Å². The second-order valence-electron chi connectivity index (χ2n) is 6.07. The van der Waals surface area contributed by atoms with E-state index in [2.05, 4.69) is 31.8 Å². The summed E-state index contributed by atoms with van der Waals surface area (Å²) < 4.78 is 0. The van der Waals surface area contributed by atoms with Crippen LogP contribution in [0.5, 0.6) is 0 Å². The van der Waals surface area contributed by atoms with E-state index in [1.54, 1.807) is 25.5 Å². The van der Waals surface area contributed by atoms with E-state index in [4.69, 9.17) is 5.73 Å². The Labute approximate surface area is 159 Å². The lowest BCUT2D eigenvalue weighted by Crippen LogP contribution is -2.17. The second kappa shape index (κ2) is 6.76. The van der Waals surface area contributed by atoms with E-state index >= 15 is 0 Å². The molecule has 3 aromatic heterocycles. The third-order valence-electron chi connectivity index (χ3n) is 3.95. The number of nitrogens with zero attached hydrogens (tertiary/aromatic N) is 4. The first-order valence-electron chi connectivity index (χ1n) is 8.16. The Morgan fingerprint density at radius 2 is 2.04 bits per heavy atom. The number of nitrogen functional groups attached to an aromatic ring is 1. The lowest BCUT2D eigenvalue weighted by atomic mass is 10.1. The fourth-order valence-corrected chi connectivity index (χ4v) is 3.22. The summed E-state index contributed by atoms with van der Waals surface area (Å²) in [5.41, 5.74) is 6.78. The van der Waals surface area contributed by atoms with E-state index in [-0.39, 0.29) is 0 Å². The van der Waals surface area contributed by atoms with E-state index in [1.165, 1.54) is 11.3 Å². The van der Waals surface area contributed by atoms with Gasteiger partial charge in [-0.15, -0.1) is 11.3 Å². The molecule has 1 unspecified atom stereocenters. The molecule has 132 valence electrons. The molecule has 4 rings (SSSR count). The minimum atomic E-state index is -1.30. The lowest BCUT2D eigenvalue weighted by Gasteiger charge is -2.11. The summed E-state index contributed by atoms with van der Waals surface area (Å²) in [6.45, 7) is 1.63. The average Bonchev–Trinajstić information content (AvgIpc) is 3.23. The van der Waals surface area contributed by atoms with Crippen molar-refractivity contribution in [3.05, 3.63) is 64.9 Å². The molecule has 4 aromatic rings. The first-order valence-corrected chi connectivity index (χ1v) is 9.04. The van der Waals surface area contributed by atoms with Crippen LogP contribution in [0.15, 0.2) is 54.3 Å².